The van der Waals surface area contributed by atoms with E-state index < -0.39 is 34.6 Å². The molecular formula is C43H48F2N4O6S2. The lowest BCUT2D eigenvalue weighted by molar-refractivity contribution is -0.153. The van der Waals surface area contributed by atoms with Crippen molar-refractivity contribution in [2.24, 2.45) is 0 Å². The van der Waals surface area contributed by atoms with Crippen LogP contribution in [-0.4, -0.2) is 100 Å². The molecule has 0 aromatic heterocycles. The van der Waals surface area contributed by atoms with Gasteiger partial charge in [0.15, 0.2) is 12.2 Å². The molecule has 0 radical (unpaired) electrons. The highest BCUT2D eigenvalue weighted by molar-refractivity contribution is 8.00. The van der Waals surface area contributed by atoms with E-state index in [1.54, 1.807) is 28.0 Å². The van der Waals surface area contributed by atoms with Crippen LogP contribution in [0, 0.1) is 18.6 Å². The molecule has 4 aromatic carbocycles. The van der Waals surface area contributed by atoms with Gasteiger partial charge in [-0.05, 0) is 88.7 Å². The maximum Gasteiger partial charge on any atom is 0.303 e. The van der Waals surface area contributed by atoms with Gasteiger partial charge in [0, 0.05) is 49.8 Å². The highest BCUT2D eigenvalue weighted by Gasteiger charge is 2.42. The molecule has 2 amide bonds. The Hall–Kier alpha value is -4.76. The number of nitrogens with zero attached hydrogens (tertiary/aromatic N) is 4. The largest absolute Gasteiger partial charge is 0.451 e. The number of amides is 2. The van der Waals surface area contributed by atoms with Crippen molar-refractivity contribution in [2.45, 2.75) is 53.3 Å². The second kappa shape index (κ2) is 19.6. The zero-order valence-electron chi connectivity index (χ0n) is 33.1. The monoisotopic (exact) mass is 818 g/mol. The summed E-state index contributed by atoms with van der Waals surface area (Å²) in [5.74, 6) is -2.35. The van der Waals surface area contributed by atoms with Gasteiger partial charge in [-0.3, -0.25) is 19.2 Å². The number of aryl methyl sites for hydroxylation is 1. The first kappa shape index (κ1) is 43.4. The van der Waals surface area contributed by atoms with Crippen LogP contribution in [0.1, 0.15) is 41.0 Å². The third-order valence-corrected chi connectivity index (χ3v) is 11.9. The van der Waals surface area contributed by atoms with Gasteiger partial charge in [0.1, 0.15) is 11.6 Å². The lowest BCUT2D eigenvalue weighted by Crippen LogP contribution is -2.45. The van der Waals surface area contributed by atoms with Crippen molar-refractivity contribution in [3.05, 3.63) is 119 Å². The molecule has 2 heterocycles. The summed E-state index contributed by atoms with van der Waals surface area (Å²) < 4.78 is 38.5. The molecule has 0 saturated heterocycles. The molecule has 6 rings (SSSR count). The van der Waals surface area contributed by atoms with Crippen LogP contribution in [-0.2, 0) is 28.7 Å². The van der Waals surface area contributed by atoms with Gasteiger partial charge in [-0.2, -0.15) is 0 Å². The van der Waals surface area contributed by atoms with Gasteiger partial charge in [0.25, 0.3) is 11.8 Å². The molecule has 14 heteroatoms. The average Bonchev–Trinajstić information content (AvgIpc) is 3.34. The number of hydrogen-bond acceptors (Lipinski definition) is 10. The minimum Gasteiger partial charge on any atom is -0.451 e. The number of rotatable bonds is 10. The number of carbonyl (C=O) groups is 4. The predicted molar refractivity (Wildman–Crippen MR) is 221 cm³/mol. The summed E-state index contributed by atoms with van der Waals surface area (Å²) >= 11 is 2.80. The first-order valence-electron chi connectivity index (χ1n) is 18.4. The number of esters is 2. The fourth-order valence-electron chi connectivity index (χ4n) is 6.32. The van der Waals surface area contributed by atoms with Crippen LogP contribution in [0.15, 0.2) is 101 Å². The zero-order chi connectivity index (χ0) is 41.4. The number of para-hydroxylation sites is 1. The van der Waals surface area contributed by atoms with E-state index in [0.717, 1.165) is 27.3 Å². The Labute approximate surface area is 341 Å². The SMILES string of the molecule is CC(=O)O[C@H]1C(=O)N(CCN(C)C)c2ccc(F)cc2S[C@H]1c1ccc(C)cc1.CC(=O)O[C@H]1C(=O)N(CCN(C)C)c2ccccc2S[C@H]1c1ccc(F)cc1. The second-order valence-corrected chi connectivity index (χ2v) is 16.6. The van der Waals surface area contributed by atoms with Gasteiger partial charge < -0.3 is 29.1 Å². The molecule has 0 spiro atoms. The zero-order valence-corrected chi connectivity index (χ0v) is 34.7. The molecule has 0 saturated carbocycles. The molecule has 0 bridgehead atoms. The van der Waals surface area contributed by atoms with Crippen molar-refractivity contribution >= 4 is 58.7 Å². The molecule has 302 valence electrons. The molecule has 0 unspecified atom stereocenters. The first-order chi connectivity index (χ1) is 27.1. The van der Waals surface area contributed by atoms with E-state index in [9.17, 15) is 28.0 Å². The van der Waals surface area contributed by atoms with Crippen LogP contribution in [0.2, 0.25) is 0 Å². The van der Waals surface area contributed by atoms with E-state index in [0.29, 0.717) is 36.8 Å². The summed E-state index contributed by atoms with van der Waals surface area (Å²) in [6.07, 6.45) is -2.00. The molecule has 4 atom stereocenters. The van der Waals surface area contributed by atoms with Gasteiger partial charge in [-0.15, -0.1) is 23.5 Å². The summed E-state index contributed by atoms with van der Waals surface area (Å²) in [6.45, 7) is 6.73. The summed E-state index contributed by atoms with van der Waals surface area (Å²) in [4.78, 5) is 59.4. The van der Waals surface area contributed by atoms with Crippen LogP contribution < -0.4 is 9.80 Å². The second-order valence-electron chi connectivity index (χ2n) is 14.3. The Kier molecular flexibility index (Phi) is 14.9. The third-order valence-electron chi connectivity index (χ3n) is 9.18. The van der Waals surface area contributed by atoms with E-state index in [-0.39, 0.29) is 23.4 Å². The van der Waals surface area contributed by atoms with E-state index in [1.165, 1.54) is 61.6 Å². The van der Waals surface area contributed by atoms with Crippen molar-refractivity contribution in [1.29, 1.82) is 0 Å². The molecular weight excluding hydrogens is 771 g/mol. The van der Waals surface area contributed by atoms with Crippen molar-refractivity contribution < 1.29 is 37.4 Å². The molecule has 2 aliphatic heterocycles. The smallest absolute Gasteiger partial charge is 0.303 e. The van der Waals surface area contributed by atoms with Crippen LogP contribution in [0.3, 0.4) is 0 Å². The number of fused-ring (bicyclic) bond motifs is 2. The lowest BCUT2D eigenvalue weighted by Gasteiger charge is -2.28. The number of carbonyl (C=O) groups excluding carboxylic acids is 4. The molecule has 0 fully saturated rings. The maximum absolute atomic E-state index is 14.0. The molecule has 10 nitrogen and oxygen atoms in total. The van der Waals surface area contributed by atoms with Gasteiger partial charge in [-0.1, -0.05) is 54.1 Å². The molecule has 0 aliphatic carbocycles. The first-order valence-corrected chi connectivity index (χ1v) is 20.2. The Bertz CT molecular complexity index is 2050. The number of anilines is 2. The number of benzene rings is 4. The number of likely N-dealkylation sites (N-methyl/N-ethyl adjacent to an activating group) is 2. The number of halogens is 2. The van der Waals surface area contributed by atoms with Crippen LogP contribution in [0.5, 0.6) is 0 Å². The van der Waals surface area contributed by atoms with Gasteiger partial charge in [-0.25, -0.2) is 8.78 Å². The predicted octanol–water partition coefficient (Wildman–Crippen LogP) is 7.31. The Balaban J connectivity index is 0.000000218. The van der Waals surface area contributed by atoms with E-state index in [4.69, 9.17) is 9.47 Å². The Morgan fingerprint density at radius 1 is 0.632 bits per heavy atom. The number of thioether (sulfide) groups is 2. The minimum absolute atomic E-state index is 0.274. The summed E-state index contributed by atoms with van der Waals surface area (Å²) in [5, 5.41) is -0.945. The fraction of sp³-hybridized carbons (Fsp3) is 0.349. The van der Waals surface area contributed by atoms with Crippen molar-refractivity contribution in [2.75, 3.05) is 64.2 Å². The molecule has 4 aromatic rings. The van der Waals surface area contributed by atoms with Crippen LogP contribution in [0.25, 0.3) is 0 Å². The number of hydrogen-bond donors (Lipinski definition) is 0. The third kappa shape index (κ3) is 11.2. The van der Waals surface area contributed by atoms with Crippen LogP contribution >= 0.6 is 23.5 Å². The summed E-state index contributed by atoms with van der Waals surface area (Å²) in [7, 11) is 7.71. The van der Waals surface area contributed by atoms with E-state index in [2.05, 4.69) is 0 Å². The lowest BCUT2D eigenvalue weighted by atomic mass is 10.0. The van der Waals surface area contributed by atoms with Gasteiger partial charge in [0.05, 0.1) is 21.9 Å². The Morgan fingerprint density at radius 2 is 1.07 bits per heavy atom. The fourth-order valence-corrected chi connectivity index (χ4v) is 8.98. The normalized spacial score (nSPS) is 19.2. The summed E-state index contributed by atoms with van der Waals surface area (Å²) in [5.41, 5.74) is 4.10. The topological polar surface area (TPSA) is 99.7 Å². The van der Waals surface area contributed by atoms with Crippen molar-refractivity contribution in [1.82, 2.24) is 9.80 Å². The molecule has 0 N–H and O–H groups in total. The van der Waals surface area contributed by atoms with Gasteiger partial charge in [0.2, 0.25) is 0 Å². The highest BCUT2D eigenvalue weighted by atomic mass is 32.2. The molecule has 57 heavy (non-hydrogen) atoms. The maximum atomic E-state index is 14.0. The van der Waals surface area contributed by atoms with Gasteiger partial charge >= 0.3 is 11.9 Å². The number of ether oxygens (including phenoxy) is 2. The summed E-state index contributed by atoms with van der Waals surface area (Å²) in [6, 6.07) is 25.8. The highest BCUT2D eigenvalue weighted by Crippen LogP contribution is 2.48. The molecule has 2 aliphatic rings. The minimum atomic E-state index is -1.00. The van der Waals surface area contributed by atoms with Crippen molar-refractivity contribution in [3.63, 3.8) is 0 Å². The average molecular weight is 819 g/mol. The standard InChI is InChI=1S/C22H25FN2O3S.C21H23FN2O3S/c1-14-5-7-16(8-6-14)21-20(28-15(2)26)22(27)25(12-11-24(3)4)18-10-9-17(23)13-19(18)29-21;1-14(25)27-19-20(15-8-10-16(22)11-9-15)28-18-7-5-4-6-17(18)24(21(19)26)13-12-23(2)3/h5-10,13,20-21H,11-12H2,1-4H3;4-11,19-20H,12-13H2,1-3H3/t20-,21+;19-,20+/m11/s1. The van der Waals surface area contributed by atoms with E-state index in [1.807, 2.05) is 93.4 Å². The van der Waals surface area contributed by atoms with Crippen LogP contribution in [0.4, 0.5) is 20.2 Å². The Morgan fingerprint density at radius 3 is 1.56 bits per heavy atom. The quantitative estimate of drug-likeness (QED) is 0.152. The van der Waals surface area contributed by atoms with Crippen molar-refractivity contribution in [3.8, 4) is 0 Å². The van der Waals surface area contributed by atoms with E-state index >= 15 is 0 Å².